The molecule has 1 rings (SSSR count). The van der Waals surface area contributed by atoms with Gasteiger partial charge in [-0.1, -0.05) is 11.6 Å². The molecule has 0 unspecified atom stereocenters. The Bertz CT molecular complexity index is 607. The number of carboxylic acids is 1. The molecule has 0 spiro atoms. The Balaban J connectivity index is 2.66. The average Bonchev–Trinajstić information content (AvgIpc) is 2.55. The van der Waals surface area contributed by atoms with Crippen LogP contribution < -0.4 is 14.8 Å². The predicted octanol–water partition coefficient (Wildman–Crippen LogP) is 2.20. The van der Waals surface area contributed by atoms with Crippen LogP contribution in [0.5, 0.6) is 11.5 Å². The van der Waals surface area contributed by atoms with Gasteiger partial charge in [0.2, 0.25) is 5.91 Å². The second kappa shape index (κ2) is 11.6. The quantitative estimate of drug-likeness (QED) is 0.572. The molecule has 26 heavy (non-hydrogen) atoms. The first-order valence-corrected chi connectivity index (χ1v) is 8.92. The van der Waals surface area contributed by atoms with Gasteiger partial charge in [-0.25, -0.2) is 0 Å². The van der Waals surface area contributed by atoms with Crippen LogP contribution in [-0.2, 0) is 16.0 Å². The molecule has 0 fully saturated rings. The van der Waals surface area contributed by atoms with Crippen molar-refractivity contribution in [1.29, 1.82) is 0 Å². The van der Waals surface area contributed by atoms with Gasteiger partial charge in [-0.15, -0.1) is 0 Å². The van der Waals surface area contributed by atoms with Gasteiger partial charge in [-0.3, -0.25) is 9.59 Å². The van der Waals surface area contributed by atoms with Crippen molar-refractivity contribution in [2.45, 2.75) is 26.2 Å². The molecular weight excluding hydrogens is 360 g/mol. The van der Waals surface area contributed by atoms with E-state index in [-0.39, 0.29) is 18.7 Å². The van der Waals surface area contributed by atoms with Crippen LogP contribution in [-0.4, -0.2) is 62.3 Å². The summed E-state index contributed by atoms with van der Waals surface area (Å²) in [6.45, 7) is 4.00. The van der Waals surface area contributed by atoms with E-state index in [0.717, 1.165) is 12.1 Å². The predicted molar refractivity (Wildman–Crippen MR) is 100 cm³/mol. The van der Waals surface area contributed by atoms with Crippen LogP contribution >= 0.6 is 11.6 Å². The molecule has 1 aromatic rings. The fourth-order valence-corrected chi connectivity index (χ4v) is 2.44. The van der Waals surface area contributed by atoms with Crippen LogP contribution in [0.1, 0.15) is 25.3 Å². The lowest BCUT2D eigenvalue weighted by Crippen LogP contribution is -2.26. The molecule has 146 valence electrons. The molecule has 0 heterocycles. The third-order valence-corrected chi connectivity index (χ3v) is 3.74. The highest BCUT2D eigenvalue weighted by molar-refractivity contribution is 6.32. The van der Waals surface area contributed by atoms with E-state index in [2.05, 4.69) is 5.32 Å². The number of ether oxygens (including phenoxy) is 2. The molecule has 0 aromatic heterocycles. The Morgan fingerprint density at radius 3 is 2.58 bits per heavy atom. The van der Waals surface area contributed by atoms with Gasteiger partial charge in [0, 0.05) is 19.5 Å². The number of rotatable bonds is 12. The van der Waals surface area contributed by atoms with Gasteiger partial charge in [0.05, 0.1) is 18.1 Å². The number of nitrogens with zero attached hydrogens (tertiary/aromatic N) is 1. The summed E-state index contributed by atoms with van der Waals surface area (Å²) in [5.74, 6) is -0.180. The second-order valence-corrected chi connectivity index (χ2v) is 6.39. The van der Waals surface area contributed by atoms with Gasteiger partial charge in [0.1, 0.15) is 6.61 Å². The first kappa shape index (κ1) is 22.1. The Morgan fingerprint density at radius 2 is 1.96 bits per heavy atom. The minimum absolute atomic E-state index is 0.0288. The fraction of sp³-hybridized carbons (Fsp3) is 0.556. The van der Waals surface area contributed by atoms with E-state index < -0.39 is 5.97 Å². The van der Waals surface area contributed by atoms with E-state index in [9.17, 15) is 9.59 Å². The minimum atomic E-state index is -0.988. The molecule has 1 aromatic carbocycles. The number of nitrogens with one attached hydrogen (secondary N) is 1. The van der Waals surface area contributed by atoms with Gasteiger partial charge in [0.25, 0.3) is 0 Å². The molecule has 0 bridgehead atoms. The van der Waals surface area contributed by atoms with E-state index in [4.69, 9.17) is 26.2 Å². The summed E-state index contributed by atoms with van der Waals surface area (Å²) in [4.78, 5) is 24.0. The number of benzene rings is 1. The molecule has 0 saturated heterocycles. The molecule has 0 saturated carbocycles. The maximum Gasteiger partial charge on any atom is 0.303 e. The van der Waals surface area contributed by atoms with Gasteiger partial charge in [0.15, 0.2) is 11.5 Å². The van der Waals surface area contributed by atoms with Crippen LogP contribution in [0, 0.1) is 0 Å². The molecule has 1 amide bonds. The highest BCUT2D eigenvalue weighted by Gasteiger charge is 2.13. The summed E-state index contributed by atoms with van der Waals surface area (Å²) in [7, 11) is 3.92. The summed E-state index contributed by atoms with van der Waals surface area (Å²) in [5, 5.41) is 11.7. The van der Waals surface area contributed by atoms with Crippen molar-refractivity contribution in [3.63, 3.8) is 0 Å². The zero-order valence-electron chi connectivity index (χ0n) is 15.5. The number of carboxylic acid groups (broad SMARTS) is 1. The minimum Gasteiger partial charge on any atom is -0.490 e. The van der Waals surface area contributed by atoms with E-state index in [1.54, 1.807) is 6.07 Å². The van der Waals surface area contributed by atoms with Crippen LogP contribution in [0.3, 0.4) is 0 Å². The van der Waals surface area contributed by atoms with Crippen LogP contribution in [0.15, 0.2) is 12.1 Å². The number of carbonyl (C=O) groups excluding carboxylic acids is 1. The first-order valence-electron chi connectivity index (χ1n) is 8.54. The number of likely N-dealkylation sites (N-methyl/N-ethyl adjacent to an activating group) is 1. The third kappa shape index (κ3) is 8.40. The van der Waals surface area contributed by atoms with Crippen LogP contribution in [0.4, 0.5) is 0 Å². The van der Waals surface area contributed by atoms with E-state index in [1.807, 2.05) is 32.0 Å². The summed E-state index contributed by atoms with van der Waals surface area (Å²) >= 11 is 6.34. The largest absolute Gasteiger partial charge is 0.490 e. The van der Waals surface area contributed by atoms with Gasteiger partial charge < -0.3 is 24.8 Å². The number of carbonyl (C=O) groups is 2. The molecule has 0 radical (unpaired) electrons. The van der Waals surface area contributed by atoms with Crippen molar-refractivity contribution in [1.82, 2.24) is 10.2 Å². The standard InChI is InChI=1S/C18H27ClN2O5/c1-4-25-15-12-13(7-8-20-16(22)5-6-17(23)24)11-14(19)18(15)26-10-9-21(2)3/h11-12H,4-10H2,1-3H3,(H,20,22)(H,23,24). The van der Waals surface area contributed by atoms with Crippen molar-refractivity contribution < 1.29 is 24.2 Å². The summed E-state index contributed by atoms with van der Waals surface area (Å²) in [5.41, 5.74) is 0.900. The lowest BCUT2D eigenvalue weighted by atomic mass is 10.1. The summed E-state index contributed by atoms with van der Waals surface area (Å²) < 4.78 is 11.4. The van der Waals surface area contributed by atoms with Gasteiger partial charge in [-0.2, -0.15) is 0 Å². The number of hydrogen-bond donors (Lipinski definition) is 2. The second-order valence-electron chi connectivity index (χ2n) is 5.98. The van der Waals surface area contributed by atoms with E-state index in [1.165, 1.54) is 0 Å². The summed E-state index contributed by atoms with van der Waals surface area (Å²) in [6.07, 6.45) is 0.348. The molecule has 0 atom stereocenters. The molecule has 2 N–H and O–H groups in total. The van der Waals surface area contributed by atoms with E-state index >= 15 is 0 Å². The number of amides is 1. The molecule has 0 aliphatic carbocycles. The molecule has 0 aliphatic rings. The zero-order valence-corrected chi connectivity index (χ0v) is 16.3. The Labute approximate surface area is 159 Å². The maximum atomic E-state index is 11.6. The normalized spacial score (nSPS) is 10.7. The highest BCUT2D eigenvalue weighted by atomic mass is 35.5. The van der Waals surface area contributed by atoms with Crippen LogP contribution in [0.2, 0.25) is 5.02 Å². The Kier molecular flexibility index (Phi) is 9.83. The van der Waals surface area contributed by atoms with Crippen molar-refractivity contribution in [3.8, 4) is 11.5 Å². The SMILES string of the molecule is CCOc1cc(CCNC(=O)CCC(=O)O)cc(Cl)c1OCCN(C)C. The topological polar surface area (TPSA) is 88.1 Å². The molecule has 8 heteroatoms. The lowest BCUT2D eigenvalue weighted by molar-refractivity contribution is -0.138. The average molecular weight is 387 g/mol. The Hall–Kier alpha value is -1.99. The van der Waals surface area contributed by atoms with E-state index in [0.29, 0.717) is 42.7 Å². The first-order chi connectivity index (χ1) is 12.3. The number of aliphatic carboxylic acids is 1. The van der Waals surface area contributed by atoms with Crippen molar-refractivity contribution in [2.75, 3.05) is 40.4 Å². The lowest BCUT2D eigenvalue weighted by Gasteiger charge is -2.17. The third-order valence-electron chi connectivity index (χ3n) is 3.46. The van der Waals surface area contributed by atoms with Gasteiger partial charge in [-0.05, 0) is 45.1 Å². The molecular formula is C18H27ClN2O5. The zero-order chi connectivity index (χ0) is 19.5. The number of halogens is 1. The highest BCUT2D eigenvalue weighted by Crippen LogP contribution is 2.36. The monoisotopic (exact) mass is 386 g/mol. The molecule has 7 nitrogen and oxygen atoms in total. The Morgan fingerprint density at radius 1 is 1.23 bits per heavy atom. The van der Waals surface area contributed by atoms with Crippen molar-refractivity contribution in [3.05, 3.63) is 22.7 Å². The van der Waals surface area contributed by atoms with Gasteiger partial charge >= 0.3 is 5.97 Å². The maximum absolute atomic E-state index is 11.6. The fourth-order valence-electron chi connectivity index (χ4n) is 2.15. The van der Waals surface area contributed by atoms with Crippen molar-refractivity contribution in [2.24, 2.45) is 0 Å². The number of hydrogen-bond acceptors (Lipinski definition) is 5. The smallest absolute Gasteiger partial charge is 0.303 e. The summed E-state index contributed by atoms with van der Waals surface area (Å²) in [6, 6.07) is 3.64. The molecule has 0 aliphatic heterocycles. The van der Waals surface area contributed by atoms with Crippen LogP contribution in [0.25, 0.3) is 0 Å². The van der Waals surface area contributed by atoms with Crippen molar-refractivity contribution >= 4 is 23.5 Å².